The number of rotatable bonds is 6. The van der Waals surface area contributed by atoms with Crippen molar-refractivity contribution in [2.45, 2.75) is 43.9 Å². The Morgan fingerprint density at radius 1 is 1.09 bits per heavy atom. The van der Waals surface area contributed by atoms with E-state index < -0.39 is 36.2 Å². The molecule has 1 unspecified atom stereocenters. The maximum absolute atomic E-state index is 12.8. The minimum atomic E-state index is -1.18. The largest absolute Gasteiger partial charge is 0.480 e. The molecule has 4 rings (SSSR count). The van der Waals surface area contributed by atoms with E-state index in [-0.39, 0.29) is 31.9 Å². The Bertz CT molecular complexity index is 993. The molecule has 8 nitrogen and oxygen atoms in total. The average Bonchev–Trinajstić information content (AvgIpc) is 3.34. The first-order chi connectivity index (χ1) is 15.4. The van der Waals surface area contributed by atoms with Gasteiger partial charge in [-0.3, -0.25) is 4.79 Å². The fourth-order valence-corrected chi connectivity index (χ4v) is 4.61. The highest BCUT2D eigenvalue weighted by Crippen LogP contribution is 2.44. The van der Waals surface area contributed by atoms with Crippen molar-refractivity contribution in [1.82, 2.24) is 10.2 Å². The molecule has 0 saturated carbocycles. The lowest BCUT2D eigenvalue weighted by molar-refractivity contribution is -0.149. The van der Waals surface area contributed by atoms with Gasteiger partial charge in [-0.05, 0) is 28.7 Å². The maximum Gasteiger partial charge on any atom is 0.407 e. The second-order valence-electron chi connectivity index (χ2n) is 8.16. The number of β-amino-alcohol motifs (C(OH)–C–C–N with tert-alkyl or cyclic N) is 1. The van der Waals surface area contributed by atoms with Crippen LogP contribution in [0.2, 0.25) is 0 Å². The molecule has 1 aliphatic heterocycles. The summed E-state index contributed by atoms with van der Waals surface area (Å²) >= 11 is 0. The van der Waals surface area contributed by atoms with Crippen molar-refractivity contribution in [3.05, 3.63) is 59.7 Å². The molecule has 2 aromatic carbocycles. The monoisotopic (exact) mass is 438 g/mol. The van der Waals surface area contributed by atoms with Crippen molar-refractivity contribution in [2.75, 3.05) is 13.2 Å². The molecule has 1 heterocycles. The maximum atomic E-state index is 12.8. The number of likely N-dealkylation sites (tertiary alicyclic amines) is 1. The van der Waals surface area contributed by atoms with Crippen LogP contribution >= 0.6 is 0 Å². The number of aliphatic carboxylic acids is 1. The lowest BCUT2D eigenvalue weighted by Crippen LogP contribution is -2.51. The minimum Gasteiger partial charge on any atom is -0.480 e. The Morgan fingerprint density at radius 3 is 2.25 bits per heavy atom. The summed E-state index contributed by atoms with van der Waals surface area (Å²) in [6.45, 7) is 1.76. The average molecular weight is 438 g/mol. The zero-order chi connectivity index (χ0) is 22.8. The van der Waals surface area contributed by atoms with E-state index in [0.29, 0.717) is 0 Å². The fraction of sp³-hybridized carbons (Fsp3) is 0.375. The van der Waals surface area contributed by atoms with Crippen molar-refractivity contribution in [2.24, 2.45) is 0 Å². The van der Waals surface area contributed by atoms with E-state index in [4.69, 9.17) is 4.74 Å². The molecule has 3 N–H and O–H groups in total. The zero-order valence-corrected chi connectivity index (χ0v) is 17.7. The van der Waals surface area contributed by atoms with Gasteiger partial charge in [0.15, 0.2) is 0 Å². The van der Waals surface area contributed by atoms with Gasteiger partial charge in [0.05, 0.1) is 6.10 Å². The predicted molar refractivity (Wildman–Crippen MR) is 116 cm³/mol. The number of carboxylic acid groups (broad SMARTS) is 1. The van der Waals surface area contributed by atoms with Crippen LogP contribution < -0.4 is 5.32 Å². The summed E-state index contributed by atoms with van der Waals surface area (Å²) in [6.07, 6.45) is -1.39. The number of nitrogens with one attached hydrogen (secondary N) is 1. The highest BCUT2D eigenvalue weighted by molar-refractivity contribution is 5.90. The number of alkyl carbamates (subject to hydrolysis) is 1. The highest BCUT2D eigenvalue weighted by Gasteiger charge is 2.41. The van der Waals surface area contributed by atoms with E-state index in [2.05, 4.69) is 5.32 Å². The number of carbonyl (C=O) groups excluding carboxylic acids is 2. The van der Waals surface area contributed by atoms with Gasteiger partial charge in [0, 0.05) is 18.9 Å². The Hall–Kier alpha value is -3.39. The number of ether oxygens (including phenoxy) is 1. The molecule has 3 atom stereocenters. The number of hydrogen-bond donors (Lipinski definition) is 3. The van der Waals surface area contributed by atoms with E-state index in [9.17, 15) is 24.6 Å². The molecular weight excluding hydrogens is 412 g/mol. The van der Waals surface area contributed by atoms with E-state index in [0.717, 1.165) is 27.2 Å². The molecule has 0 bridgehead atoms. The molecule has 1 aliphatic carbocycles. The molecule has 0 aromatic heterocycles. The summed E-state index contributed by atoms with van der Waals surface area (Å²) in [5, 5.41) is 21.7. The van der Waals surface area contributed by atoms with Crippen LogP contribution in [0.25, 0.3) is 11.1 Å². The van der Waals surface area contributed by atoms with Crippen LogP contribution in [0.4, 0.5) is 4.79 Å². The van der Waals surface area contributed by atoms with Gasteiger partial charge in [-0.25, -0.2) is 9.59 Å². The summed E-state index contributed by atoms with van der Waals surface area (Å²) in [5.74, 6) is -1.81. The van der Waals surface area contributed by atoms with Crippen LogP contribution in [0.1, 0.15) is 36.8 Å². The number of aliphatic hydroxyl groups is 1. The number of aliphatic hydroxyl groups excluding tert-OH is 1. The van der Waals surface area contributed by atoms with E-state index in [1.807, 2.05) is 48.5 Å². The zero-order valence-electron chi connectivity index (χ0n) is 17.7. The van der Waals surface area contributed by atoms with Gasteiger partial charge in [-0.1, -0.05) is 55.5 Å². The second-order valence-corrected chi connectivity index (χ2v) is 8.16. The number of carbonyl (C=O) groups is 3. The highest BCUT2D eigenvalue weighted by atomic mass is 16.5. The summed E-state index contributed by atoms with van der Waals surface area (Å²) < 4.78 is 5.49. The Labute approximate surface area is 185 Å². The summed E-state index contributed by atoms with van der Waals surface area (Å²) in [7, 11) is 0. The van der Waals surface area contributed by atoms with Gasteiger partial charge < -0.3 is 25.2 Å². The van der Waals surface area contributed by atoms with Crippen LogP contribution in [0.15, 0.2) is 48.5 Å². The van der Waals surface area contributed by atoms with Gasteiger partial charge in [0.2, 0.25) is 5.91 Å². The van der Waals surface area contributed by atoms with Crippen LogP contribution in [0, 0.1) is 0 Å². The lowest BCUT2D eigenvalue weighted by atomic mass is 9.98. The molecule has 168 valence electrons. The van der Waals surface area contributed by atoms with Crippen molar-refractivity contribution in [3.8, 4) is 11.1 Å². The van der Waals surface area contributed by atoms with Gasteiger partial charge in [-0.2, -0.15) is 0 Å². The SMILES string of the molecule is CCC(NC(=O)OCC1c2ccccc2-c2ccccc21)C(=O)N1C[C@H](O)C[C@H]1C(=O)O. The first-order valence-corrected chi connectivity index (χ1v) is 10.7. The predicted octanol–water partition coefficient (Wildman–Crippen LogP) is 2.35. The van der Waals surface area contributed by atoms with Crippen LogP contribution in [0.3, 0.4) is 0 Å². The number of fused-ring (bicyclic) bond motifs is 3. The Kier molecular flexibility index (Phi) is 6.14. The third-order valence-electron chi connectivity index (χ3n) is 6.19. The van der Waals surface area contributed by atoms with E-state index in [1.54, 1.807) is 6.92 Å². The minimum absolute atomic E-state index is 0.0253. The summed E-state index contributed by atoms with van der Waals surface area (Å²) in [4.78, 5) is 37.9. The molecule has 8 heteroatoms. The lowest BCUT2D eigenvalue weighted by Gasteiger charge is -2.26. The Morgan fingerprint density at radius 2 is 1.69 bits per heavy atom. The molecule has 2 aromatic rings. The molecular formula is C24H26N2O6. The topological polar surface area (TPSA) is 116 Å². The standard InChI is InChI=1S/C24H26N2O6/c1-2-20(22(28)26-12-14(27)11-21(26)23(29)30)25-24(31)32-13-19-17-9-5-3-7-15(17)16-8-4-6-10-18(16)19/h3-10,14,19-21,27H,2,11-13H2,1H3,(H,25,31)(H,29,30)/t14-,20?,21+/m1/s1. The van der Waals surface area contributed by atoms with Gasteiger partial charge in [0.25, 0.3) is 0 Å². The van der Waals surface area contributed by atoms with Gasteiger partial charge in [0.1, 0.15) is 18.7 Å². The smallest absolute Gasteiger partial charge is 0.407 e. The first kappa shape index (κ1) is 21.8. The second kappa shape index (κ2) is 9.00. The van der Waals surface area contributed by atoms with Crippen LogP contribution in [-0.4, -0.2) is 64.4 Å². The fourth-order valence-electron chi connectivity index (χ4n) is 4.61. The molecule has 0 radical (unpaired) electrons. The number of amides is 2. The summed E-state index contributed by atoms with van der Waals surface area (Å²) in [5.41, 5.74) is 4.40. The molecule has 2 amide bonds. The third-order valence-corrected chi connectivity index (χ3v) is 6.19. The van der Waals surface area contributed by atoms with Crippen molar-refractivity contribution in [3.63, 3.8) is 0 Å². The van der Waals surface area contributed by atoms with Gasteiger partial charge in [-0.15, -0.1) is 0 Å². The normalized spacial score (nSPS) is 20.4. The Balaban J connectivity index is 1.41. The molecule has 0 spiro atoms. The molecule has 32 heavy (non-hydrogen) atoms. The number of carboxylic acids is 1. The van der Waals surface area contributed by atoms with E-state index in [1.165, 1.54) is 0 Å². The number of nitrogens with zero attached hydrogens (tertiary/aromatic N) is 1. The van der Waals surface area contributed by atoms with Crippen molar-refractivity contribution < 1.29 is 29.3 Å². The van der Waals surface area contributed by atoms with Crippen LogP contribution in [-0.2, 0) is 14.3 Å². The molecule has 1 fully saturated rings. The summed E-state index contributed by atoms with van der Waals surface area (Å²) in [6, 6.07) is 13.9. The third kappa shape index (κ3) is 4.05. The van der Waals surface area contributed by atoms with Crippen molar-refractivity contribution in [1.29, 1.82) is 0 Å². The van der Waals surface area contributed by atoms with Gasteiger partial charge >= 0.3 is 12.1 Å². The quantitative estimate of drug-likeness (QED) is 0.638. The first-order valence-electron chi connectivity index (χ1n) is 10.7. The number of hydrogen-bond acceptors (Lipinski definition) is 5. The van der Waals surface area contributed by atoms with Crippen molar-refractivity contribution >= 4 is 18.0 Å². The van der Waals surface area contributed by atoms with E-state index >= 15 is 0 Å². The number of benzene rings is 2. The molecule has 1 saturated heterocycles. The van der Waals surface area contributed by atoms with Crippen LogP contribution in [0.5, 0.6) is 0 Å². The molecule has 2 aliphatic rings.